The summed E-state index contributed by atoms with van der Waals surface area (Å²) in [6.45, 7) is 20.3. The van der Waals surface area contributed by atoms with Gasteiger partial charge in [0.2, 0.25) is 11.8 Å². The number of methoxy groups -OCH3 is 1. The van der Waals surface area contributed by atoms with Crippen LogP contribution in [0.1, 0.15) is 70.9 Å². The maximum Gasteiger partial charge on any atom is 0.414 e. The summed E-state index contributed by atoms with van der Waals surface area (Å²) in [4.78, 5) is 33.3. The van der Waals surface area contributed by atoms with Gasteiger partial charge in [-0.1, -0.05) is 27.7 Å². The van der Waals surface area contributed by atoms with Gasteiger partial charge in [0.05, 0.1) is 37.3 Å². The minimum absolute atomic E-state index is 0.00708. The first-order valence-corrected chi connectivity index (χ1v) is 18.7. The van der Waals surface area contributed by atoms with Crippen molar-refractivity contribution in [3.63, 3.8) is 0 Å². The van der Waals surface area contributed by atoms with Gasteiger partial charge in [0.25, 0.3) is 0 Å². The van der Waals surface area contributed by atoms with Crippen LogP contribution >= 0.6 is 0 Å². The van der Waals surface area contributed by atoms with Crippen molar-refractivity contribution in [3.8, 4) is 23.3 Å². The first kappa shape index (κ1) is 34.2. The molecule has 4 heterocycles. The molecule has 0 saturated carbocycles. The molecule has 0 aliphatic carbocycles. The lowest BCUT2D eigenvalue weighted by atomic mass is 9.83. The number of anilines is 3. The fourth-order valence-corrected chi connectivity index (χ4v) is 6.51. The summed E-state index contributed by atoms with van der Waals surface area (Å²) in [5.41, 5.74) is 3.41. The van der Waals surface area contributed by atoms with Crippen LogP contribution in [0.25, 0.3) is 11.4 Å². The van der Waals surface area contributed by atoms with Gasteiger partial charge in [-0.05, 0) is 62.7 Å². The normalized spacial score (nSPS) is 17.9. The lowest BCUT2D eigenvalue weighted by Crippen LogP contribution is -2.46. The molecule has 1 aromatic carbocycles. The molecule has 2 aliphatic heterocycles. The Bertz CT molecular complexity index is 1730. The summed E-state index contributed by atoms with van der Waals surface area (Å²) >= 11 is 0. The topological polar surface area (TPSA) is 145 Å². The molecule has 3 aromatic rings. The van der Waals surface area contributed by atoms with Gasteiger partial charge < -0.3 is 24.0 Å². The van der Waals surface area contributed by atoms with E-state index < -0.39 is 25.4 Å². The van der Waals surface area contributed by atoms with Crippen LogP contribution in [0.4, 0.5) is 22.1 Å². The zero-order valence-electron chi connectivity index (χ0n) is 29.1. The third-order valence-electron chi connectivity index (χ3n) is 9.00. The molecule has 13 heteroatoms. The predicted molar refractivity (Wildman–Crippen MR) is 181 cm³/mol. The fourth-order valence-electron chi connectivity index (χ4n) is 5.39. The number of amides is 1. The van der Waals surface area contributed by atoms with E-state index in [2.05, 4.69) is 67.1 Å². The van der Waals surface area contributed by atoms with Crippen LogP contribution in [0.15, 0.2) is 24.5 Å². The van der Waals surface area contributed by atoms with Gasteiger partial charge in [-0.2, -0.15) is 10.2 Å². The number of hydrogen-bond acceptors (Lipinski definition) is 11. The molecule has 2 aliphatic rings. The lowest BCUT2D eigenvalue weighted by molar-refractivity contribution is 0.0575. The molecule has 12 nitrogen and oxygen atoms in total. The Hall–Kier alpha value is -4.12. The van der Waals surface area contributed by atoms with Gasteiger partial charge in [-0.3, -0.25) is 4.90 Å². The number of carbonyl (C=O) groups excluding carboxylic acids is 1. The molecular formula is C34H45N7O5Si. The van der Waals surface area contributed by atoms with Crippen molar-refractivity contribution >= 4 is 31.7 Å². The van der Waals surface area contributed by atoms with Crippen molar-refractivity contribution in [2.24, 2.45) is 0 Å². The Kier molecular flexibility index (Phi) is 9.09. The third-order valence-corrected chi connectivity index (χ3v) is 13.5. The highest BCUT2D eigenvalue weighted by Gasteiger charge is 2.47. The number of pyridine rings is 1. The zero-order chi connectivity index (χ0) is 34.4. The molecule has 0 bridgehead atoms. The van der Waals surface area contributed by atoms with Crippen LogP contribution in [0, 0.1) is 11.3 Å². The molecule has 47 heavy (non-hydrogen) atoms. The first-order valence-electron chi connectivity index (χ1n) is 15.8. The van der Waals surface area contributed by atoms with Gasteiger partial charge in [0, 0.05) is 36.1 Å². The summed E-state index contributed by atoms with van der Waals surface area (Å²) < 4.78 is 23.7. The highest BCUT2D eigenvalue weighted by Crippen LogP contribution is 2.47. The van der Waals surface area contributed by atoms with Gasteiger partial charge in [-0.15, -0.1) is 0 Å². The van der Waals surface area contributed by atoms with E-state index in [1.807, 2.05) is 32.9 Å². The average molecular weight is 660 g/mol. The second-order valence-electron chi connectivity index (χ2n) is 14.9. The maximum absolute atomic E-state index is 13.6. The van der Waals surface area contributed by atoms with Gasteiger partial charge in [0.1, 0.15) is 23.7 Å². The Morgan fingerprint density at radius 2 is 1.89 bits per heavy atom. The van der Waals surface area contributed by atoms with E-state index in [0.717, 1.165) is 16.8 Å². The second kappa shape index (κ2) is 12.5. The highest BCUT2D eigenvalue weighted by atomic mass is 28.4. The molecular weight excluding hydrogens is 615 g/mol. The minimum atomic E-state index is -2.15. The van der Waals surface area contributed by atoms with Gasteiger partial charge >= 0.3 is 6.09 Å². The number of benzene rings is 1. The van der Waals surface area contributed by atoms with E-state index in [1.54, 1.807) is 18.1 Å². The van der Waals surface area contributed by atoms with Crippen LogP contribution in [0.5, 0.6) is 5.88 Å². The molecule has 1 atom stereocenters. The van der Waals surface area contributed by atoms with Crippen molar-refractivity contribution in [3.05, 3.63) is 46.9 Å². The Morgan fingerprint density at radius 1 is 1.15 bits per heavy atom. The quantitative estimate of drug-likeness (QED) is 0.272. The summed E-state index contributed by atoms with van der Waals surface area (Å²) in [5.74, 6) is 1.07. The van der Waals surface area contributed by atoms with Crippen LogP contribution in [-0.4, -0.2) is 66.8 Å². The monoisotopic (exact) mass is 659 g/mol. The van der Waals surface area contributed by atoms with E-state index in [9.17, 15) is 10.1 Å². The number of nitrogens with one attached hydrogen (secondary N) is 1. The molecule has 0 spiro atoms. The van der Waals surface area contributed by atoms with E-state index in [1.165, 1.54) is 6.33 Å². The van der Waals surface area contributed by atoms with Crippen molar-refractivity contribution in [2.75, 3.05) is 37.1 Å². The average Bonchev–Trinajstić information content (AvgIpc) is 3.31. The SMILES string of the molecule is COc1nc2c(cc1Nc1ncnc(-c3cc(C#N)c4c(c3)[C@@](C)(CO[Si](C)(C)C(C)(C)C)CN4C(=O)OC(C)(C)C)n1)COCC2. The van der Waals surface area contributed by atoms with E-state index in [0.29, 0.717) is 67.0 Å². The molecule has 5 rings (SSSR count). The second-order valence-corrected chi connectivity index (χ2v) is 19.7. The molecule has 250 valence electrons. The van der Waals surface area contributed by atoms with E-state index in [-0.39, 0.29) is 11.0 Å². The number of ether oxygens (including phenoxy) is 3. The number of carbonyl (C=O) groups is 1. The smallest absolute Gasteiger partial charge is 0.414 e. The number of aromatic nitrogens is 4. The Balaban J connectivity index is 1.55. The lowest BCUT2D eigenvalue weighted by Gasteiger charge is -2.39. The molecule has 1 N–H and O–H groups in total. The standard InChI is InChI=1S/C34H45N7O5Si/c1-32(2,3)46-31(42)41-18-34(7,19-45-47(9,10)33(4,5)6)24-14-21(13-22(16-35)27(24)41)28-36-20-37-30(40-28)39-26-15-23-17-44-12-11-25(23)38-29(26)43-8/h13-15,20H,11-12,17-19H2,1-10H3,(H,36,37,39,40)/t34-/m1/s1. The van der Waals surface area contributed by atoms with Crippen molar-refractivity contribution in [1.82, 2.24) is 19.9 Å². The number of nitrogens with zero attached hydrogens (tertiary/aromatic N) is 6. The first-order chi connectivity index (χ1) is 21.9. The van der Waals surface area contributed by atoms with Crippen molar-refractivity contribution in [1.29, 1.82) is 5.26 Å². The summed E-state index contributed by atoms with van der Waals surface area (Å²) in [5, 5.41) is 13.6. The van der Waals surface area contributed by atoms with E-state index >= 15 is 0 Å². The van der Waals surface area contributed by atoms with Gasteiger partial charge in [-0.25, -0.2) is 19.7 Å². The third kappa shape index (κ3) is 7.10. The van der Waals surface area contributed by atoms with Crippen molar-refractivity contribution in [2.45, 2.75) is 90.6 Å². The van der Waals surface area contributed by atoms with Crippen LogP contribution in [0.2, 0.25) is 18.1 Å². The number of nitriles is 1. The fraction of sp³-hybridized carbons (Fsp3) is 0.529. The molecule has 1 amide bonds. The zero-order valence-corrected chi connectivity index (χ0v) is 30.1. The van der Waals surface area contributed by atoms with Crippen LogP contribution < -0.4 is 15.0 Å². The molecule has 0 saturated heterocycles. The van der Waals surface area contributed by atoms with E-state index in [4.69, 9.17) is 23.6 Å². The predicted octanol–water partition coefficient (Wildman–Crippen LogP) is 6.66. The van der Waals surface area contributed by atoms with Gasteiger partial charge in [0.15, 0.2) is 14.1 Å². The summed E-state index contributed by atoms with van der Waals surface area (Å²) in [6.07, 6.45) is 1.62. The molecule has 2 aromatic heterocycles. The Morgan fingerprint density at radius 3 is 2.55 bits per heavy atom. The molecule has 0 fully saturated rings. The largest absolute Gasteiger partial charge is 0.480 e. The minimum Gasteiger partial charge on any atom is -0.480 e. The highest BCUT2D eigenvalue weighted by molar-refractivity contribution is 6.74. The summed E-state index contributed by atoms with van der Waals surface area (Å²) in [7, 11) is -0.586. The molecule has 0 unspecified atom stereocenters. The molecule has 0 radical (unpaired) electrons. The van der Waals surface area contributed by atoms with Crippen LogP contribution in [0.3, 0.4) is 0 Å². The Labute approximate surface area is 278 Å². The van der Waals surface area contributed by atoms with Crippen molar-refractivity contribution < 1.29 is 23.4 Å². The number of hydrogen-bond donors (Lipinski definition) is 1. The number of fused-ring (bicyclic) bond motifs is 2. The maximum atomic E-state index is 13.6. The summed E-state index contributed by atoms with van der Waals surface area (Å²) in [6, 6.07) is 7.90. The van der Waals surface area contributed by atoms with Crippen LogP contribution in [-0.2, 0) is 32.3 Å². The number of rotatable bonds is 7.